The molecule has 2 N–H and O–H groups in total. The van der Waals surface area contributed by atoms with Gasteiger partial charge in [0.25, 0.3) is 11.8 Å². The highest BCUT2D eigenvalue weighted by Crippen LogP contribution is 2.28. The van der Waals surface area contributed by atoms with Gasteiger partial charge in [-0.2, -0.15) is 0 Å². The number of rotatable bonds is 4. The van der Waals surface area contributed by atoms with E-state index in [1.807, 2.05) is 11.9 Å². The van der Waals surface area contributed by atoms with Gasteiger partial charge in [0.2, 0.25) is 0 Å². The van der Waals surface area contributed by atoms with Gasteiger partial charge in [0.05, 0.1) is 24.5 Å². The van der Waals surface area contributed by atoms with Crippen molar-refractivity contribution in [3.63, 3.8) is 0 Å². The second-order valence-corrected chi connectivity index (χ2v) is 7.30. The quantitative estimate of drug-likeness (QED) is 0.799. The van der Waals surface area contributed by atoms with Gasteiger partial charge in [0, 0.05) is 31.3 Å². The molecule has 2 aliphatic rings. The van der Waals surface area contributed by atoms with E-state index in [-0.39, 0.29) is 11.3 Å². The van der Waals surface area contributed by atoms with E-state index >= 15 is 0 Å². The Hall–Kier alpha value is -3.04. The minimum absolute atomic E-state index is 0.286. The van der Waals surface area contributed by atoms with Crippen LogP contribution in [0.25, 0.3) is 0 Å². The number of carbonyl (C=O) groups is 2. The number of ether oxygens (including phenoxy) is 2. The molecule has 0 spiro atoms. The number of carbonyl (C=O) groups excluding carboxylic acids is 2. The van der Waals surface area contributed by atoms with E-state index in [9.17, 15) is 18.4 Å². The number of halogens is 2. The second kappa shape index (κ2) is 8.37. The average Bonchev–Trinajstić information content (AvgIpc) is 3.17. The van der Waals surface area contributed by atoms with Gasteiger partial charge >= 0.3 is 0 Å². The third-order valence-corrected chi connectivity index (χ3v) is 5.07. The molecule has 1 unspecified atom stereocenters. The van der Waals surface area contributed by atoms with E-state index in [1.165, 1.54) is 0 Å². The maximum Gasteiger partial charge on any atom is 0.258 e. The van der Waals surface area contributed by atoms with Gasteiger partial charge in [0.1, 0.15) is 23.5 Å². The van der Waals surface area contributed by atoms with E-state index in [2.05, 4.69) is 10.6 Å². The minimum atomic E-state index is -1.03. The maximum absolute atomic E-state index is 14.3. The fraction of sp³-hybridized carbons (Fsp3) is 0.333. The zero-order chi connectivity index (χ0) is 21.3. The summed E-state index contributed by atoms with van der Waals surface area (Å²) >= 11 is 0. The van der Waals surface area contributed by atoms with Crippen molar-refractivity contribution in [1.29, 1.82) is 0 Å². The van der Waals surface area contributed by atoms with Crippen LogP contribution in [0, 0.1) is 11.6 Å². The summed E-state index contributed by atoms with van der Waals surface area (Å²) in [6.45, 7) is 1.99. The first kappa shape index (κ1) is 20.2. The molecule has 4 rings (SSSR count). The average molecular weight is 417 g/mol. The van der Waals surface area contributed by atoms with Crippen LogP contribution in [0.1, 0.15) is 15.9 Å². The molecule has 1 atom stereocenters. The number of hydrogen-bond donors (Lipinski definition) is 2. The largest absolute Gasteiger partial charge is 0.493 e. The molecule has 158 valence electrons. The fourth-order valence-electron chi connectivity index (χ4n) is 3.43. The predicted octanol–water partition coefficient (Wildman–Crippen LogP) is 2.42. The maximum atomic E-state index is 14.3. The first-order chi connectivity index (χ1) is 14.4. The molecule has 0 aromatic heterocycles. The predicted molar refractivity (Wildman–Crippen MR) is 106 cm³/mol. The van der Waals surface area contributed by atoms with E-state index in [1.54, 1.807) is 18.2 Å². The summed E-state index contributed by atoms with van der Waals surface area (Å²) in [5.41, 5.74) is 0.742. The number of benzene rings is 2. The molecule has 2 heterocycles. The van der Waals surface area contributed by atoms with Crippen LogP contribution in [0.2, 0.25) is 0 Å². The summed E-state index contributed by atoms with van der Waals surface area (Å²) in [6.07, 6.45) is -0.0578. The summed E-state index contributed by atoms with van der Waals surface area (Å²) in [5, 5.41) is 4.99. The Bertz CT molecular complexity index is 998. The smallest absolute Gasteiger partial charge is 0.258 e. The van der Waals surface area contributed by atoms with Crippen molar-refractivity contribution in [1.82, 2.24) is 4.90 Å². The lowest BCUT2D eigenvalue weighted by Gasteiger charge is -2.29. The summed E-state index contributed by atoms with van der Waals surface area (Å²) in [4.78, 5) is 26.9. The van der Waals surface area contributed by atoms with E-state index in [0.717, 1.165) is 23.8 Å². The van der Waals surface area contributed by atoms with Gasteiger partial charge in [0.15, 0.2) is 0 Å². The lowest BCUT2D eigenvalue weighted by atomic mass is 10.1. The Morgan fingerprint density at radius 3 is 2.73 bits per heavy atom. The molecular formula is C21H21F2N3O4. The Morgan fingerprint density at radius 2 is 1.93 bits per heavy atom. The molecule has 2 aromatic carbocycles. The number of nitrogens with zero attached hydrogens (tertiary/aromatic N) is 1. The normalized spacial score (nSPS) is 18.4. The third kappa shape index (κ3) is 4.27. The van der Waals surface area contributed by atoms with Crippen LogP contribution in [0.5, 0.6) is 5.75 Å². The number of likely N-dealkylation sites (N-methyl/N-ethyl adjacent to an activating group) is 1. The molecule has 2 amide bonds. The summed E-state index contributed by atoms with van der Waals surface area (Å²) in [6, 6.07) is 6.69. The van der Waals surface area contributed by atoms with Gasteiger partial charge in [-0.05, 0) is 36.9 Å². The lowest BCUT2D eigenvalue weighted by molar-refractivity contribution is -0.132. The number of fused-ring (bicyclic) bond motifs is 1. The molecule has 2 aromatic rings. The standard InChI is InChI=1S/C21H21F2N3O4/c1-26-5-7-30-19(11-26)21(28)25-17-9-14(15(22)10-16(17)23)20(27)24-13-2-3-18-12(8-13)4-6-29-18/h2-3,8-10,19H,4-7,11H2,1H3,(H,24,27)(H,25,28). The third-order valence-electron chi connectivity index (χ3n) is 5.07. The zero-order valence-corrected chi connectivity index (χ0v) is 16.3. The Balaban J connectivity index is 1.50. The van der Waals surface area contributed by atoms with Crippen molar-refractivity contribution in [2.75, 3.05) is 44.0 Å². The van der Waals surface area contributed by atoms with Crippen molar-refractivity contribution in [2.24, 2.45) is 0 Å². The SMILES string of the molecule is CN1CCOC(C(=O)Nc2cc(C(=O)Nc3ccc4c(c3)CCO4)c(F)cc2F)C1. The number of morpholine rings is 1. The molecule has 0 aliphatic carbocycles. The van der Waals surface area contributed by atoms with E-state index < -0.39 is 29.6 Å². The fourth-order valence-corrected chi connectivity index (χ4v) is 3.43. The zero-order valence-electron chi connectivity index (χ0n) is 16.3. The highest BCUT2D eigenvalue weighted by Gasteiger charge is 2.26. The van der Waals surface area contributed by atoms with Gasteiger partial charge < -0.3 is 25.0 Å². The summed E-state index contributed by atoms with van der Waals surface area (Å²) < 4.78 is 39.3. The molecule has 1 saturated heterocycles. The Kier molecular flexibility index (Phi) is 5.65. The van der Waals surface area contributed by atoms with Crippen molar-refractivity contribution in [2.45, 2.75) is 12.5 Å². The number of anilines is 2. The van der Waals surface area contributed by atoms with Gasteiger partial charge in [-0.15, -0.1) is 0 Å². The first-order valence-electron chi connectivity index (χ1n) is 9.58. The van der Waals surface area contributed by atoms with Crippen LogP contribution < -0.4 is 15.4 Å². The van der Waals surface area contributed by atoms with Crippen molar-refractivity contribution in [3.8, 4) is 5.75 Å². The molecule has 2 aliphatic heterocycles. The second-order valence-electron chi connectivity index (χ2n) is 7.30. The molecule has 0 radical (unpaired) electrons. The van der Waals surface area contributed by atoms with Crippen LogP contribution in [-0.2, 0) is 16.0 Å². The molecule has 1 fully saturated rings. The van der Waals surface area contributed by atoms with Gasteiger partial charge in [-0.25, -0.2) is 8.78 Å². The van der Waals surface area contributed by atoms with Crippen LogP contribution >= 0.6 is 0 Å². The first-order valence-corrected chi connectivity index (χ1v) is 9.58. The monoisotopic (exact) mass is 417 g/mol. The molecule has 0 saturated carbocycles. The van der Waals surface area contributed by atoms with Crippen LogP contribution in [0.4, 0.5) is 20.2 Å². The lowest BCUT2D eigenvalue weighted by Crippen LogP contribution is -2.46. The Morgan fingerprint density at radius 1 is 1.10 bits per heavy atom. The summed E-state index contributed by atoms with van der Waals surface area (Å²) in [5.74, 6) is -2.56. The summed E-state index contributed by atoms with van der Waals surface area (Å²) in [7, 11) is 1.84. The highest BCUT2D eigenvalue weighted by atomic mass is 19.1. The molecule has 9 heteroatoms. The number of nitrogens with one attached hydrogen (secondary N) is 2. The Labute approximate surface area is 172 Å². The van der Waals surface area contributed by atoms with Gasteiger partial charge in [-0.1, -0.05) is 0 Å². The topological polar surface area (TPSA) is 79.9 Å². The number of hydrogen-bond acceptors (Lipinski definition) is 5. The molecule has 30 heavy (non-hydrogen) atoms. The van der Waals surface area contributed by atoms with Crippen molar-refractivity contribution in [3.05, 3.63) is 53.1 Å². The number of amides is 2. The van der Waals surface area contributed by atoms with Crippen LogP contribution in [0.15, 0.2) is 30.3 Å². The minimum Gasteiger partial charge on any atom is -0.493 e. The molecule has 7 nitrogen and oxygen atoms in total. The van der Waals surface area contributed by atoms with Crippen LogP contribution in [0.3, 0.4) is 0 Å². The highest BCUT2D eigenvalue weighted by molar-refractivity contribution is 6.06. The van der Waals surface area contributed by atoms with Gasteiger partial charge in [-0.3, -0.25) is 9.59 Å². The van der Waals surface area contributed by atoms with Crippen molar-refractivity contribution < 1.29 is 27.8 Å². The molecule has 0 bridgehead atoms. The van der Waals surface area contributed by atoms with E-state index in [0.29, 0.717) is 38.1 Å². The van der Waals surface area contributed by atoms with Crippen LogP contribution in [-0.4, -0.2) is 56.2 Å². The van der Waals surface area contributed by atoms with Crippen molar-refractivity contribution >= 4 is 23.2 Å². The van der Waals surface area contributed by atoms with E-state index in [4.69, 9.17) is 9.47 Å². The molecular weight excluding hydrogens is 396 g/mol.